The van der Waals surface area contributed by atoms with Gasteiger partial charge < -0.3 is 10.4 Å². The third-order valence-corrected chi connectivity index (χ3v) is 4.33. The van der Waals surface area contributed by atoms with Crippen LogP contribution in [0.5, 0.6) is 0 Å². The van der Waals surface area contributed by atoms with Crippen LogP contribution in [0, 0.1) is 5.92 Å². The molecule has 0 saturated heterocycles. The molecule has 84 valence electrons. The van der Waals surface area contributed by atoms with Crippen molar-refractivity contribution >= 4 is 27.3 Å². The van der Waals surface area contributed by atoms with E-state index in [-0.39, 0.29) is 6.10 Å². The molecule has 1 unspecified atom stereocenters. The van der Waals surface area contributed by atoms with E-state index >= 15 is 0 Å². The molecule has 1 aromatic heterocycles. The molecule has 0 bridgehead atoms. The Kier molecular flexibility index (Phi) is 3.83. The first-order valence-corrected chi connectivity index (χ1v) is 6.94. The number of aliphatic hydroxyl groups is 1. The summed E-state index contributed by atoms with van der Waals surface area (Å²) in [6, 6.07) is 4.71. The molecule has 0 amide bonds. The smallest absolute Gasteiger partial charge is 0.0701 e. The summed E-state index contributed by atoms with van der Waals surface area (Å²) in [5, 5.41) is 12.7. The maximum Gasteiger partial charge on any atom is 0.0701 e. The Morgan fingerprint density at radius 2 is 2.33 bits per heavy atom. The average molecular weight is 290 g/mol. The molecule has 2 atom stereocenters. The highest BCUT2D eigenvalue weighted by atomic mass is 79.9. The second kappa shape index (κ2) is 4.95. The Labute approximate surface area is 103 Å². The van der Waals surface area contributed by atoms with Gasteiger partial charge in [-0.25, -0.2) is 0 Å². The van der Waals surface area contributed by atoms with E-state index in [0.29, 0.717) is 12.6 Å². The molecule has 1 aliphatic carbocycles. The van der Waals surface area contributed by atoms with Gasteiger partial charge in [-0.2, -0.15) is 0 Å². The van der Waals surface area contributed by atoms with Crippen LogP contribution in [0.2, 0.25) is 0 Å². The van der Waals surface area contributed by atoms with Crippen LogP contribution in [0.4, 0.5) is 0 Å². The van der Waals surface area contributed by atoms with Crippen molar-refractivity contribution < 1.29 is 5.11 Å². The normalized spacial score (nSPS) is 20.2. The first kappa shape index (κ1) is 11.6. The SMILES string of the molecule is C[C@@H](O)CNC(c1ccc(Br)s1)C1CC1. The zero-order chi connectivity index (χ0) is 10.8. The minimum atomic E-state index is -0.269. The third kappa shape index (κ3) is 3.28. The minimum Gasteiger partial charge on any atom is -0.392 e. The van der Waals surface area contributed by atoms with Crippen molar-refractivity contribution in [2.24, 2.45) is 5.92 Å². The van der Waals surface area contributed by atoms with E-state index in [9.17, 15) is 5.11 Å². The number of hydrogen-bond acceptors (Lipinski definition) is 3. The van der Waals surface area contributed by atoms with Gasteiger partial charge in [0.05, 0.1) is 9.89 Å². The maximum absolute atomic E-state index is 9.29. The van der Waals surface area contributed by atoms with Gasteiger partial charge >= 0.3 is 0 Å². The number of nitrogens with one attached hydrogen (secondary N) is 1. The van der Waals surface area contributed by atoms with Gasteiger partial charge in [0, 0.05) is 17.5 Å². The molecule has 2 N–H and O–H groups in total. The van der Waals surface area contributed by atoms with Crippen molar-refractivity contribution in [1.82, 2.24) is 5.32 Å². The zero-order valence-electron chi connectivity index (χ0n) is 8.74. The van der Waals surface area contributed by atoms with E-state index in [1.807, 2.05) is 6.92 Å². The largest absolute Gasteiger partial charge is 0.392 e. The van der Waals surface area contributed by atoms with E-state index in [0.717, 1.165) is 5.92 Å². The van der Waals surface area contributed by atoms with Gasteiger partial charge in [-0.3, -0.25) is 0 Å². The molecular formula is C11H16BrNOS. The molecule has 1 saturated carbocycles. The molecule has 1 aromatic rings. The lowest BCUT2D eigenvalue weighted by molar-refractivity contribution is 0.184. The molecule has 0 spiro atoms. The fourth-order valence-electron chi connectivity index (χ4n) is 1.72. The molecule has 1 aliphatic rings. The number of halogens is 1. The molecule has 0 aliphatic heterocycles. The molecule has 2 rings (SSSR count). The number of aliphatic hydroxyl groups excluding tert-OH is 1. The molecule has 0 aromatic carbocycles. The molecule has 1 heterocycles. The summed E-state index contributed by atoms with van der Waals surface area (Å²) in [6.07, 6.45) is 2.36. The summed E-state index contributed by atoms with van der Waals surface area (Å²) >= 11 is 5.28. The Morgan fingerprint density at radius 1 is 1.60 bits per heavy atom. The maximum atomic E-state index is 9.29. The highest BCUT2D eigenvalue weighted by molar-refractivity contribution is 9.11. The van der Waals surface area contributed by atoms with E-state index in [2.05, 4.69) is 33.4 Å². The van der Waals surface area contributed by atoms with Crippen LogP contribution in [-0.4, -0.2) is 17.8 Å². The Hall–Kier alpha value is 0.1000. The second-order valence-corrected chi connectivity index (χ2v) is 6.71. The fourth-order valence-corrected chi connectivity index (χ4v) is 3.32. The quantitative estimate of drug-likeness (QED) is 0.874. The Bertz CT molecular complexity index is 322. The van der Waals surface area contributed by atoms with Gasteiger partial charge in [0.25, 0.3) is 0 Å². The van der Waals surface area contributed by atoms with Crippen molar-refractivity contribution in [2.45, 2.75) is 31.9 Å². The van der Waals surface area contributed by atoms with Gasteiger partial charge in [-0.1, -0.05) is 0 Å². The highest BCUT2D eigenvalue weighted by Gasteiger charge is 2.32. The van der Waals surface area contributed by atoms with Gasteiger partial charge in [0.2, 0.25) is 0 Å². The van der Waals surface area contributed by atoms with Crippen LogP contribution in [-0.2, 0) is 0 Å². The number of hydrogen-bond donors (Lipinski definition) is 2. The summed E-state index contributed by atoms with van der Waals surface area (Å²) in [5.41, 5.74) is 0. The summed E-state index contributed by atoms with van der Waals surface area (Å²) in [5.74, 6) is 0.772. The first-order chi connectivity index (χ1) is 7.16. The van der Waals surface area contributed by atoms with Crippen molar-refractivity contribution in [3.05, 3.63) is 20.8 Å². The van der Waals surface area contributed by atoms with Crippen LogP contribution in [0.3, 0.4) is 0 Å². The highest BCUT2D eigenvalue weighted by Crippen LogP contribution is 2.43. The van der Waals surface area contributed by atoms with E-state index < -0.39 is 0 Å². The summed E-state index contributed by atoms with van der Waals surface area (Å²) in [6.45, 7) is 2.50. The summed E-state index contributed by atoms with van der Waals surface area (Å²) in [7, 11) is 0. The van der Waals surface area contributed by atoms with Crippen molar-refractivity contribution in [1.29, 1.82) is 0 Å². The van der Waals surface area contributed by atoms with Gasteiger partial charge in [0.15, 0.2) is 0 Å². The topological polar surface area (TPSA) is 32.3 Å². The average Bonchev–Trinajstić information content (AvgIpc) is 2.90. The van der Waals surface area contributed by atoms with Crippen LogP contribution in [0.1, 0.15) is 30.7 Å². The van der Waals surface area contributed by atoms with Crippen molar-refractivity contribution in [3.63, 3.8) is 0 Å². The molecule has 2 nitrogen and oxygen atoms in total. The molecule has 1 fully saturated rings. The minimum absolute atomic E-state index is 0.269. The Balaban J connectivity index is 1.99. The van der Waals surface area contributed by atoms with Crippen LogP contribution < -0.4 is 5.32 Å². The zero-order valence-corrected chi connectivity index (χ0v) is 11.1. The van der Waals surface area contributed by atoms with E-state index in [4.69, 9.17) is 0 Å². The molecule has 4 heteroatoms. The predicted octanol–water partition coefficient (Wildman–Crippen LogP) is 2.93. The fraction of sp³-hybridized carbons (Fsp3) is 0.636. The second-order valence-electron chi connectivity index (χ2n) is 4.21. The lowest BCUT2D eigenvalue weighted by Gasteiger charge is -2.17. The van der Waals surface area contributed by atoms with Crippen LogP contribution >= 0.6 is 27.3 Å². The lowest BCUT2D eigenvalue weighted by Crippen LogP contribution is -2.29. The number of rotatable bonds is 5. The first-order valence-electron chi connectivity index (χ1n) is 5.33. The van der Waals surface area contributed by atoms with Gasteiger partial charge in [-0.05, 0) is 53.7 Å². The van der Waals surface area contributed by atoms with E-state index in [1.54, 1.807) is 11.3 Å². The Morgan fingerprint density at radius 3 is 2.80 bits per heavy atom. The molecular weight excluding hydrogens is 274 g/mol. The van der Waals surface area contributed by atoms with Crippen LogP contribution in [0.15, 0.2) is 15.9 Å². The monoisotopic (exact) mass is 289 g/mol. The molecule has 0 radical (unpaired) electrons. The third-order valence-electron chi connectivity index (χ3n) is 2.63. The molecule has 15 heavy (non-hydrogen) atoms. The standard InChI is InChI=1S/C11H16BrNOS/c1-7(14)6-13-11(8-2-3-8)9-4-5-10(12)15-9/h4-5,7-8,11,13-14H,2-3,6H2,1H3/t7-,11?/m1/s1. The van der Waals surface area contributed by atoms with Crippen molar-refractivity contribution in [3.8, 4) is 0 Å². The summed E-state index contributed by atoms with van der Waals surface area (Å²) < 4.78 is 1.18. The van der Waals surface area contributed by atoms with Gasteiger partial charge in [0.1, 0.15) is 0 Å². The lowest BCUT2D eigenvalue weighted by atomic mass is 10.1. The van der Waals surface area contributed by atoms with Gasteiger partial charge in [-0.15, -0.1) is 11.3 Å². The number of thiophene rings is 1. The van der Waals surface area contributed by atoms with Crippen LogP contribution in [0.25, 0.3) is 0 Å². The predicted molar refractivity (Wildman–Crippen MR) is 67.2 cm³/mol. The summed E-state index contributed by atoms with van der Waals surface area (Å²) in [4.78, 5) is 1.38. The van der Waals surface area contributed by atoms with E-state index in [1.165, 1.54) is 21.5 Å². The van der Waals surface area contributed by atoms with Crippen molar-refractivity contribution in [2.75, 3.05) is 6.54 Å².